The van der Waals surface area contributed by atoms with E-state index in [4.69, 9.17) is 20.2 Å². The van der Waals surface area contributed by atoms with E-state index < -0.39 is 18.0 Å². The van der Waals surface area contributed by atoms with E-state index in [-0.39, 0.29) is 67.4 Å². The van der Waals surface area contributed by atoms with Crippen LogP contribution in [0.3, 0.4) is 0 Å². The molecule has 75 heavy (non-hydrogen) atoms. The number of cyclic esters (lactones) is 1. The molecule has 5 amide bonds. The van der Waals surface area contributed by atoms with E-state index in [9.17, 15) is 43.2 Å². The molecule has 2 aromatic heterocycles. The van der Waals surface area contributed by atoms with Crippen LogP contribution in [0.25, 0.3) is 22.3 Å². The van der Waals surface area contributed by atoms with E-state index in [1.54, 1.807) is 17.7 Å². The fraction of sp³-hybridized carbons (Fsp3) is 0.585. The minimum absolute atomic E-state index is 0.0398. The fourth-order valence-corrected chi connectivity index (χ4v) is 8.16. The van der Waals surface area contributed by atoms with Gasteiger partial charge in [-0.3, -0.25) is 38.5 Å². The van der Waals surface area contributed by atoms with Gasteiger partial charge in [-0.15, -0.1) is 0 Å². The van der Waals surface area contributed by atoms with Crippen LogP contribution >= 0.6 is 0 Å². The maximum atomic E-state index is 13.3. The molecule has 1 aromatic carbocycles. The Balaban J connectivity index is 0.000000446. The monoisotopic (exact) mass is 1050 g/mol. The number of nitrogens with one attached hydrogen (secondary N) is 3. The van der Waals surface area contributed by atoms with Gasteiger partial charge in [0.1, 0.15) is 12.9 Å². The van der Waals surface area contributed by atoms with Gasteiger partial charge >= 0.3 is 11.9 Å². The minimum Gasteiger partial charge on any atom is -0.458 e. The molecule has 7 N–H and O–H groups in total. The molecule has 0 spiro atoms. The molecule has 3 aliphatic heterocycles. The summed E-state index contributed by atoms with van der Waals surface area (Å²) in [5, 5.41) is 9.14. The molecule has 5 heterocycles. The number of likely N-dealkylation sites (tertiary alicyclic amines) is 1. The van der Waals surface area contributed by atoms with E-state index in [1.807, 2.05) is 64.2 Å². The lowest BCUT2D eigenvalue weighted by molar-refractivity contribution is -0.170. The van der Waals surface area contributed by atoms with Gasteiger partial charge in [0.05, 0.1) is 54.7 Å². The number of ether oxygens (including phenoxy) is 2. The SMILES string of the molecule is CC.CC(N)=O.CCC.CCc1c2c(nc3ccccc13)-c1cc3c(c(=O)n1C2)COC(=O)C3OC(=O)CN.CNC(=O)CCCC(=O)NCCN(C)CCN(C)CCN(C)CC(=O)NCC(=O)N1CCC[C@H]1C=O. The minimum atomic E-state index is -1.31. The van der Waals surface area contributed by atoms with Gasteiger partial charge in [-0.2, -0.15) is 0 Å². The van der Waals surface area contributed by atoms with Gasteiger partial charge in [0, 0.05) is 89.1 Å². The summed E-state index contributed by atoms with van der Waals surface area (Å²) in [7, 11) is 7.47. The first-order chi connectivity index (χ1) is 35.8. The topological polar surface area (TPSA) is 291 Å². The Morgan fingerprint density at radius 2 is 1.51 bits per heavy atom. The zero-order valence-electron chi connectivity index (χ0n) is 45.9. The van der Waals surface area contributed by atoms with Crippen LogP contribution in [0.1, 0.15) is 108 Å². The zero-order valence-corrected chi connectivity index (χ0v) is 45.9. The van der Waals surface area contributed by atoms with E-state index in [0.717, 1.165) is 67.3 Å². The van der Waals surface area contributed by atoms with Crippen LogP contribution in [-0.2, 0) is 67.4 Å². The fourth-order valence-electron chi connectivity index (χ4n) is 8.16. The van der Waals surface area contributed by atoms with E-state index in [0.29, 0.717) is 74.4 Å². The summed E-state index contributed by atoms with van der Waals surface area (Å²) in [5.74, 6) is -2.33. The van der Waals surface area contributed by atoms with Gasteiger partial charge in [-0.25, -0.2) is 9.78 Å². The quantitative estimate of drug-likeness (QED) is 0.0586. The molecule has 6 rings (SSSR count). The Labute approximate surface area is 441 Å². The number of amides is 5. The van der Waals surface area contributed by atoms with Crippen molar-refractivity contribution in [2.45, 2.75) is 112 Å². The second-order valence-corrected chi connectivity index (χ2v) is 18.1. The molecule has 0 saturated carbocycles. The Kier molecular flexibility index (Phi) is 29.3. The summed E-state index contributed by atoms with van der Waals surface area (Å²) < 4.78 is 11.9. The highest BCUT2D eigenvalue weighted by molar-refractivity contribution is 5.89. The highest BCUT2D eigenvalue weighted by atomic mass is 16.6. The number of aryl methyl sites for hydroxylation is 1. The first kappa shape index (κ1) is 64.5. The van der Waals surface area contributed by atoms with Crippen molar-refractivity contribution in [1.29, 1.82) is 0 Å². The van der Waals surface area contributed by atoms with E-state index in [2.05, 4.69) is 52.3 Å². The van der Waals surface area contributed by atoms with Crippen LogP contribution in [0.4, 0.5) is 0 Å². The number of likely N-dealkylation sites (N-methyl/N-ethyl adjacent to an activating group) is 3. The Morgan fingerprint density at radius 3 is 2.12 bits per heavy atom. The highest BCUT2D eigenvalue weighted by Crippen LogP contribution is 2.38. The summed E-state index contributed by atoms with van der Waals surface area (Å²) in [6, 6.07) is 9.23. The molecule has 0 bridgehead atoms. The molecular formula is C53H83N11O11. The van der Waals surface area contributed by atoms with Crippen LogP contribution in [0.15, 0.2) is 35.1 Å². The third-order valence-electron chi connectivity index (χ3n) is 12.0. The molecule has 22 nitrogen and oxygen atoms in total. The van der Waals surface area contributed by atoms with Gasteiger partial charge in [0.15, 0.2) is 0 Å². The van der Waals surface area contributed by atoms with Crippen LogP contribution < -0.4 is 33.0 Å². The van der Waals surface area contributed by atoms with Gasteiger partial charge in [-0.1, -0.05) is 59.2 Å². The average molecular weight is 1050 g/mol. The molecule has 22 heteroatoms. The second-order valence-electron chi connectivity index (χ2n) is 18.1. The summed E-state index contributed by atoms with van der Waals surface area (Å²) >= 11 is 0. The number of aromatic nitrogens is 2. The van der Waals surface area contributed by atoms with Crippen molar-refractivity contribution < 1.29 is 47.8 Å². The third kappa shape index (κ3) is 20.6. The van der Waals surface area contributed by atoms with Crippen molar-refractivity contribution in [1.82, 2.24) is 45.1 Å². The molecule has 416 valence electrons. The Hall–Kier alpha value is -6.62. The van der Waals surface area contributed by atoms with Gasteiger partial charge in [-0.05, 0) is 64.5 Å². The number of pyridine rings is 2. The third-order valence-corrected chi connectivity index (χ3v) is 12.0. The largest absolute Gasteiger partial charge is 0.458 e. The number of benzene rings is 1. The molecule has 1 unspecified atom stereocenters. The number of hydrogen-bond acceptors (Lipinski definition) is 16. The standard InChI is InChI=1S/C24H45N7O5.C22H19N3O5.C3H8.C2H5NO.C2H6/c1-25-21(33)8-5-9-22(34)26-10-12-28(2)13-14-29(3)15-16-30(4)18-23(35)27-17-24(36)31-11-6-7-20(31)19-32;1-2-11-12-5-3-4-6-16(12)24-19-14(11)9-25-17(19)7-13-15(21(25)27)10-29-22(28)20(13)30-18(26)8-23;1-3-2;1-2(3)4;1-2/h19-20H,5-18H2,1-4H3,(H,25,33)(H,26,34)(H,27,35);3-7,20H,2,8-10,23H2,1H3;3H2,1-2H3;1H3,(H2,3,4);1-2H3/t20-;;;;/m0..../s1. The lowest BCUT2D eigenvalue weighted by atomic mass is 9.97. The van der Waals surface area contributed by atoms with Crippen molar-refractivity contribution in [3.05, 3.63) is 62.9 Å². The summed E-state index contributed by atoms with van der Waals surface area (Å²) in [6.45, 7) is 16.6. The van der Waals surface area contributed by atoms with Crippen molar-refractivity contribution in [3.8, 4) is 11.4 Å². The van der Waals surface area contributed by atoms with Crippen molar-refractivity contribution in [2.75, 3.05) is 93.6 Å². The number of carbonyl (C=O) groups is 8. The highest BCUT2D eigenvalue weighted by Gasteiger charge is 2.38. The second kappa shape index (κ2) is 34.0. The zero-order chi connectivity index (χ0) is 56.2. The lowest BCUT2D eigenvalue weighted by Crippen LogP contribution is -2.45. The Bertz CT molecular complexity index is 2440. The van der Waals surface area contributed by atoms with E-state index >= 15 is 0 Å². The summed E-state index contributed by atoms with van der Waals surface area (Å²) in [4.78, 5) is 117. The van der Waals surface area contributed by atoms with Crippen LogP contribution in [0.2, 0.25) is 0 Å². The smallest absolute Gasteiger partial charge is 0.352 e. The van der Waals surface area contributed by atoms with Crippen LogP contribution in [-0.4, -0.2) is 177 Å². The van der Waals surface area contributed by atoms with Crippen molar-refractivity contribution >= 4 is 58.7 Å². The molecular weight excluding hydrogens is 967 g/mol. The van der Waals surface area contributed by atoms with Gasteiger partial charge in [0.2, 0.25) is 35.6 Å². The number of aldehydes is 1. The number of carbonyl (C=O) groups excluding carboxylic acids is 8. The predicted molar refractivity (Wildman–Crippen MR) is 287 cm³/mol. The predicted octanol–water partition coefficient (Wildman–Crippen LogP) is 1.64. The number of fused-ring (bicyclic) bond motifs is 5. The van der Waals surface area contributed by atoms with Crippen LogP contribution in [0, 0.1) is 0 Å². The number of esters is 2. The number of nitrogens with zero attached hydrogens (tertiary/aromatic N) is 6. The molecule has 3 aromatic rings. The van der Waals surface area contributed by atoms with Crippen LogP contribution in [0.5, 0.6) is 0 Å². The van der Waals surface area contributed by atoms with Crippen molar-refractivity contribution in [3.63, 3.8) is 0 Å². The van der Waals surface area contributed by atoms with Gasteiger partial charge in [0.25, 0.3) is 5.56 Å². The summed E-state index contributed by atoms with van der Waals surface area (Å²) in [6.07, 6.45) is 4.29. The molecule has 1 fully saturated rings. The number of nitrogens with two attached hydrogens (primary N) is 2. The first-order valence-corrected chi connectivity index (χ1v) is 25.9. The van der Waals surface area contributed by atoms with Crippen molar-refractivity contribution in [2.24, 2.45) is 11.5 Å². The normalized spacial score (nSPS) is 14.7. The summed E-state index contributed by atoms with van der Waals surface area (Å²) in [5.41, 5.74) is 14.5. The number of primary amides is 1. The Morgan fingerprint density at radius 1 is 0.893 bits per heavy atom. The maximum absolute atomic E-state index is 13.3. The average Bonchev–Trinajstić information content (AvgIpc) is 4.03. The molecule has 1 saturated heterocycles. The number of para-hydroxylation sites is 1. The van der Waals surface area contributed by atoms with Gasteiger partial charge < -0.3 is 61.0 Å². The molecule has 2 atom stereocenters. The number of rotatable bonds is 21. The maximum Gasteiger partial charge on any atom is 0.352 e. The lowest BCUT2D eigenvalue weighted by Gasteiger charge is -2.24. The molecule has 3 aliphatic rings. The first-order valence-electron chi connectivity index (χ1n) is 25.9. The van der Waals surface area contributed by atoms with E-state index in [1.165, 1.54) is 18.2 Å². The molecule has 0 radical (unpaired) electrons. The molecule has 0 aliphatic carbocycles. The number of hydrogen-bond donors (Lipinski definition) is 5.